The fourth-order valence-corrected chi connectivity index (χ4v) is 1.00. The third-order valence-electron chi connectivity index (χ3n) is 1.78. The Balaban J connectivity index is 4.09. The summed E-state index contributed by atoms with van der Waals surface area (Å²) >= 11 is 0. The molecular weight excluding hydrogens is 252 g/mol. The highest BCUT2D eigenvalue weighted by Crippen LogP contribution is 2.07. The highest BCUT2D eigenvalue weighted by atomic mass is 16.6. The van der Waals surface area contributed by atoms with E-state index in [4.69, 9.17) is 16.3 Å². The molecule has 0 aromatic heterocycles. The van der Waals surface area contributed by atoms with Gasteiger partial charge >= 0.3 is 5.97 Å². The van der Waals surface area contributed by atoms with Crippen LogP contribution in [0.5, 0.6) is 0 Å². The first-order valence-electron chi connectivity index (χ1n) is 5.70. The zero-order valence-electron chi connectivity index (χ0n) is 11.6. The maximum Gasteiger partial charge on any atom is 0.323 e. The highest BCUT2D eigenvalue weighted by Gasteiger charge is 2.21. The van der Waals surface area contributed by atoms with Crippen molar-refractivity contribution in [1.82, 2.24) is 16.2 Å². The van der Waals surface area contributed by atoms with Crippen molar-refractivity contribution in [3.05, 3.63) is 0 Å². The molecule has 0 aromatic rings. The molecule has 0 saturated heterocycles. The predicted molar refractivity (Wildman–Crippen MR) is 70.4 cm³/mol. The van der Waals surface area contributed by atoms with Gasteiger partial charge in [0.2, 0.25) is 11.9 Å². The van der Waals surface area contributed by atoms with Crippen molar-refractivity contribution in [3.63, 3.8) is 0 Å². The number of hydrazine groups is 1. The van der Waals surface area contributed by atoms with Crippen LogP contribution in [0.3, 0.4) is 0 Å². The second-order valence-electron chi connectivity index (χ2n) is 4.81. The van der Waals surface area contributed by atoms with E-state index in [1.165, 1.54) is 0 Å². The molecule has 7 N–H and O–H groups in total. The lowest BCUT2D eigenvalue weighted by Gasteiger charge is -2.22. The summed E-state index contributed by atoms with van der Waals surface area (Å²) in [5.41, 5.74) is 6.66. The monoisotopic (exact) mass is 274 g/mol. The molecule has 110 valence electrons. The number of nitrogens with two attached hydrogens (primary N) is 2. The predicted octanol–water partition coefficient (Wildman–Crippen LogP) is -1.88. The van der Waals surface area contributed by atoms with Crippen molar-refractivity contribution in [1.29, 1.82) is 0 Å². The van der Waals surface area contributed by atoms with Crippen molar-refractivity contribution >= 4 is 17.8 Å². The van der Waals surface area contributed by atoms with Crippen LogP contribution in [-0.4, -0.2) is 36.0 Å². The number of carbonyl (C=O) groups excluding carboxylic acids is 2. The molecule has 19 heavy (non-hydrogen) atoms. The van der Waals surface area contributed by atoms with Crippen LogP contribution in [0.1, 0.15) is 27.7 Å². The van der Waals surface area contributed by atoms with Crippen LogP contribution >= 0.6 is 0 Å². The summed E-state index contributed by atoms with van der Waals surface area (Å²) in [5, 5.41) is 8.30. The van der Waals surface area contributed by atoms with Crippen LogP contribution in [0.25, 0.3) is 0 Å². The Hall–Kier alpha value is -1.87. The fraction of sp³-hybridized carbons (Fsp3) is 0.700. The van der Waals surface area contributed by atoms with Gasteiger partial charge < -0.3 is 10.5 Å². The molecule has 1 atom stereocenters. The van der Waals surface area contributed by atoms with Gasteiger partial charge in [0.15, 0.2) is 0 Å². The van der Waals surface area contributed by atoms with E-state index in [-0.39, 0.29) is 12.5 Å². The molecule has 9 nitrogen and oxygen atoms in total. The van der Waals surface area contributed by atoms with Gasteiger partial charge in [0.25, 0.3) is 0 Å². The Morgan fingerprint density at radius 2 is 1.95 bits per heavy atom. The number of rotatable bonds is 5. The van der Waals surface area contributed by atoms with Crippen LogP contribution in [0.15, 0.2) is 5.10 Å². The van der Waals surface area contributed by atoms with Gasteiger partial charge in [-0.3, -0.25) is 20.2 Å². The second-order valence-corrected chi connectivity index (χ2v) is 4.81. The molecule has 0 rings (SSSR count). The van der Waals surface area contributed by atoms with Crippen LogP contribution in [0.4, 0.5) is 0 Å². The van der Waals surface area contributed by atoms with Crippen molar-refractivity contribution in [2.24, 2.45) is 16.7 Å². The number of hydrogen-bond acceptors (Lipinski definition) is 7. The summed E-state index contributed by atoms with van der Waals surface area (Å²) in [6, 6.07) is -0.615. The molecule has 0 aliphatic rings. The van der Waals surface area contributed by atoms with Crippen LogP contribution < -0.4 is 27.7 Å². The van der Waals surface area contributed by atoms with Crippen LogP contribution in [0.2, 0.25) is 0 Å². The molecule has 0 unspecified atom stereocenters. The molecule has 9 heteroatoms. The third kappa shape index (κ3) is 8.80. The number of esters is 1. The lowest BCUT2D eigenvalue weighted by atomic mass is 10.2. The molecule has 0 heterocycles. The van der Waals surface area contributed by atoms with Gasteiger partial charge in [0.05, 0.1) is 6.54 Å². The maximum atomic E-state index is 11.6. The summed E-state index contributed by atoms with van der Waals surface area (Å²) in [4.78, 5) is 23.0. The number of nitrogens with one attached hydrogen (secondary N) is 3. The van der Waals surface area contributed by atoms with Gasteiger partial charge in [-0.25, -0.2) is 11.4 Å². The average Bonchev–Trinajstić information content (AvgIpc) is 2.23. The van der Waals surface area contributed by atoms with Gasteiger partial charge in [-0.15, -0.1) is 5.10 Å². The first kappa shape index (κ1) is 17.1. The zero-order valence-corrected chi connectivity index (χ0v) is 11.6. The minimum atomic E-state index is -0.615. The van der Waals surface area contributed by atoms with Crippen molar-refractivity contribution in [2.45, 2.75) is 39.3 Å². The molecule has 0 bridgehead atoms. The Kier molecular flexibility index (Phi) is 6.80. The largest absolute Gasteiger partial charge is 0.459 e. The topological polar surface area (TPSA) is 144 Å². The minimum Gasteiger partial charge on any atom is -0.459 e. The summed E-state index contributed by atoms with van der Waals surface area (Å²) < 4.78 is 5.14. The molecule has 0 aliphatic carbocycles. The lowest BCUT2D eigenvalue weighted by molar-refractivity contribution is -0.156. The van der Waals surface area contributed by atoms with Gasteiger partial charge in [0, 0.05) is 0 Å². The number of ether oxygens (including phenoxy) is 1. The molecule has 0 aliphatic heterocycles. The number of hydrazone groups is 1. The highest BCUT2D eigenvalue weighted by molar-refractivity contribution is 5.97. The normalized spacial score (nSPS) is 13.6. The van der Waals surface area contributed by atoms with Gasteiger partial charge in [-0.05, 0) is 27.7 Å². The minimum absolute atomic E-state index is 0.110. The Morgan fingerprint density at radius 1 is 1.37 bits per heavy atom. The zero-order chi connectivity index (χ0) is 15.1. The van der Waals surface area contributed by atoms with Crippen molar-refractivity contribution in [2.75, 3.05) is 6.54 Å². The third-order valence-corrected chi connectivity index (χ3v) is 1.78. The average molecular weight is 274 g/mol. The first-order valence-corrected chi connectivity index (χ1v) is 5.70. The SMILES string of the molecule is C[C@H](NCC(=O)N/C(N)=N/NN)C(=O)OC(C)(C)C. The number of guanidine groups is 1. The smallest absolute Gasteiger partial charge is 0.323 e. The standard InChI is InChI=1S/C10H22N6O3/c1-6(8(18)19-10(2,3)4)13-5-7(17)14-9(11)15-16-12/h6,13,16H,5,12H2,1-4H3,(H3,11,14,15,17)/t6-/m0/s1. The van der Waals surface area contributed by atoms with Crippen molar-refractivity contribution < 1.29 is 14.3 Å². The molecular formula is C10H22N6O3. The van der Waals surface area contributed by atoms with Crippen LogP contribution in [-0.2, 0) is 14.3 Å². The maximum absolute atomic E-state index is 11.6. The summed E-state index contributed by atoms with van der Waals surface area (Å²) in [5.74, 6) is 3.82. The summed E-state index contributed by atoms with van der Waals surface area (Å²) in [6.07, 6.45) is 0. The molecule has 0 fully saturated rings. The quantitative estimate of drug-likeness (QED) is 0.130. The van der Waals surface area contributed by atoms with E-state index < -0.39 is 23.5 Å². The second kappa shape index (κ2) is 7.54. The van der Waals surface area contributed by atoms with E-state index in [2.05, 4.69) is 15.7 Å². The van der Waals surface area contributed by atoms with Gasteiger partial charge in [0.1, 0.15) is 11.6 Å². The molecule has 1 amide bonds. The van der Waals surface area contributed by atoms with E-state index in [1.54, 1.807) is 27.7 Å². The van der Waals surface area contributed by atoms with E-state index >= 15 is 0 Å². The van der Waals surface area contributed by atoms with E-state index in [0.717, 1.165) is 0 Å². The Morgan fingerprint density at radius 3 is 2.42 bits per heavy atom. The number of carbonyl (C=O) groups is 2. The lowest BCUT2D eigenvalue weighted by Crippen LogP contribution is -2.47. The first-order chi connectivity index (χ1) is 8.65. The van der Waals surface area contributed by atoms with Crippen LogP contribution in [0, 0.1) is 0 Å². The van der Waals surface area contributed by atoms with E-state index in [0.29, 0.717) is 0 Å². The van der Waals surface area contributed by atoms with E-state index in [1.807, 2.05) is 5.53 Å². The molecule has 0 saturated carbocycles. The summed E-state index contributed by atoms with van der Waals surface area (Å²) in [7, 11) is 0. The number of nitrogens with zero attached hydrogens (tertiary/aromatic N) is 1. The fourth-order valence-electron chi connectivity index (χ4n) is 1.00. The van der Waals surface area contributed by atoms with Gasteiger partial charge in [-0.2, -0.15) is 0 Å². The van der Waals surface area contributed by atoms with E-state index in [9.17, 15) is 9.59 Å². The number of hydrogen-bond donors (Lipinski definition) is 5. The Bertz CT molecular complexity index is 350. The Labute approximate surface area is 112 Å². The molecule has 0 aromatic carbocycles. The number of amides is 1. The molecule has 0 spiro atoms. The van der Waals surface area contributed by atoms with Gasteiger partial charge in [-0.1, -0.05) is 0 Å². The molecule has 0 radical (unpaired) electrons. The summed E-state index contributed by atoms with van der Waals surface area (Å²) in [6.45, 7) is 6.78. The van der Waals surface area contributed by atoms with Crippen molar-refractivity contribution in [3.8, 4) is 0 Å².